The number of benzene rings is 3. The Kier molecular flexibility index (Phi) is 6.08. The Morgan fingerprint density at radius 2 is 1.48 bits per heavy atom. The molecule has 0 spiro atoms. The van der Waals surface area contributed by atoms with Gasteiger partial charge < -0.3 is 5.32 Å². The summed E-state index contributed by atoms with van der Waals surface area (Å²) in [6.07, 6.45) is -4.46. The van der Waals surface area contributed by atoms with Crippen molar-refractivity contribution in [2.75, 3.05) is 10.0 Å². The summed E-state index contributed by atoms with van der Waals surface area (Å²) in [5.41, 5.74) is 1.38. The van der Waals surface area contributed by atoms with Crippen LogP contribution in [0.4, 0.5) is 24.5 Å². The van der Waals surface area contributed by atoms with Crippen molar-refractivity contribution in [3.05, 3.63) is 89.0 Å². The van der Waals surface area contributed by atoms with Gasteiger partial charge in [0.1, 0.15) is 0 Å². The number of anilines is 2. The first-order valence-corrected chi connectivity index (χ1v) is 10.6. The van der Waals surface area contributed by atoms with Gasteiger partial charge in [-0.3, -0.25) is 9.52 Å². The van der Waals surface area contributed by atoms with Crippen molar-refractivity contribution in [1.29, 1.82) is 0 Å². The zero-order chi connectivity index (χ0) is 22.8. The van der Waals surface area contributed by atoms with Crippen LogP contribution in [0.1, 0.15) is 27.0 Å². The zero-order valence-corrected chi connectivity index (χ0v) is 17.4. The highest BCUT2D eigenvalue weighted by Crippen LogP contribution is 2.30. The number of alkyl halides is 3. The van der Waals surface area contributed by atoms with E-state index in [9.17, 15) is 26.4 Å². The van der Waals surface area contributed by atoms with Crippen LogP contribution in [0.15, 0.2) is 71.6 Å². The van der Waals surface area contributed by atoms with Crippen LogP contribution < -0.4 is 10.0 Å². The third-order valence-electron chi connectivity index (χ3n) is 4.53. The normalized spacial score (nSPS) is 11.8. The monoisotopic (exact) mass is 448 g/mol. The lowest BCUT2D eigenvalue weighted by Crippen LogP contribution is -2.15. The van der Waals surface area contributed by atoms with Crippen molar-refractivity contribution in [3.8, 4) is 0 Å². The van der Waals surface area contributed by atoms with E-state index in [4.69, 9.17) is 0 Å². The van der Waals surface area contributed by atoms with E-state index >= 15 is 0 Å². The van der Waals surface area contributed by atoms with Crippen LogP contribution in [0.5, 0.6) is 0 Å². The SMILES string of the molecule is Cc1ccc(S(=O)(=O)Nc2ccc(C(=O)Nc3ccc(C(F)(F)F)cc3)cc2C)cc1. The Morgan fingerprint density at radius 1 is 0.871 bits per heavy atom. The van der Waals surface area contributed by atoms with E-state index in [0.717, 1.165) is 29.8 Å². The van der Waals surface area contributed by atoms with Gasteiger partial charge in [-0.25, -0.2) is 8.42 Å². The number of hydrogen-bond acceptors (Lipinski definition) is 3. The van der Waals surface area contributed by atoms with Crippen LogP contribution in [-0.4, -0.2) is 14.3 Å². The average Bonchev–Trinajstić information content (AvgIpc) is 2.69. The van der Waals surface area contributed by atoms with Crippen molar-refractivity contribution >= 4 is 27.3 Å². The van der Waals surface area contributed by atoms with Gasteiger partial charge in [-0.15, -0.1) is 0 Å². The lowest BCUT2D eigenvalue weighted by molar-refractivity contribution is -0.137. The molecule has 5 nitrogen and oxygen atoms in total. The lowest BCUT2D eigenvalue weighted by atomic mass is 10.1. The second-order valence-electron chi connectivity index (χ2n) is 6.98. The molecule has 0 aliphatic carbocycles. The molecule has 31 heavy (non-hydrogen) atoms. The number of halogens is 3. The summed E-state index contributed by atoms with van der Waals surface area (Å²) in [6.45, 7) is 3.49. The molecule has 0 radical (unpaired) electrons. The maximum Gasteiger partial charge on any atom is 0.416 e. The van der Waals surface area contributed by atoms with E-state index in [2.05, 4.69) is 10.0 Å². The summed E-state index contributed by atoms with van der Waals surface area (Å²) >= 11 is 0. The Labute approximate surface area is 178 Å². The van der Waals surface area contributed by atoms with Crippen molar-refractivity contribution in [2.24, 2.45) is 0 Å². The first-order chi connectivity index (χ1) is 14.5. The Bertz CT molecular complexity index is 1200. The Balaban J connectivity index is 1.74. The quantitative estimate of drug-likeness (QED) is 0.551. The molecule has 0 heterocycles. The van der Waals surface area contributed by atoms with Crippen LogP contribution in [0.3, 0.4) is 0 Å². The number of sulfonamides is 1. The summed E-state index contributed by atoms with van der Waals surface area (Å²) in [4.78, 5) is 12.5. The second kappa shape index (κ2) is 8.43. The third-order valence-corrected chi connectivity index (χ3v) is 5.92. The molecule has 0 unspecified atom stereocenters. The fourth-order valence-electron chi connectivity index (χ4n) is 2.79. The number of amides is 1. The fourth-order valence-corrected chi connectivity index (χ4v) is 3.92. The van der Waals surface area contributed by atoms with Gasteiger partial charge in [0.05, 0.1) is 16.1 Å². The van der Waals surface area contributed by atoms with Gasteiger partial charge in [-0.1, -0.05) is 17.7 Å². The van der Waals surface area contributed by atoms with E-state index in [1.165, 1.54) is 30.3 Å². The van der Waals surface area contributed by atoms with Crippen LogP contribution in [0.25, 0.3) is 0 Å². The summed E-state index contributed by atoms with van der Waals surface area (Å²) in [7, 11) is -3.79. The third kappa shape index (κ3) is 5.43. The van der Waals surface area contributed by atoms with Gasteiger partial charge >= 0.3 is 6.18 Å². The van der Waals surface area contributed by atoms with Gasteiger partial charge in [0.15, 0.2) is 0 Å². The van der Waals surface area contributed by atoms with Crippen LogP contribution in [0.2, 0.25) is 0 Å². The highest BCUT2D eigenvalue weighted by molar-refractivity contribution is 7.92. The van der Waals surface area contributed by atoms with Gasteiger partial charge in [-0.05, 0) is 74.0 Å². The summed E-state index contributed by atoms with van der Waals surface area (Å²) in [6, 6.07) is 14.8. The molecule has 162 valence electrons. The fraction of sp³-hybridized carbons (Fsp3) is 0.136. The molecule has 0 bridgehead atoms. The smallest absolute Gasteiger partial charge is 0.322 e. The lowest BCUT2D eigenvalue weighted by Gasteiger charge is -2.13. The minimum atomic E-state index is -4.46. The standard InChI is InChI=1S/C22H19F3N2O3S/c1-14-3-10-19(11-4-14)31(29,30)27-20-12-5-16(13-15(20)2)21(28)26-18-8-6-17(7-9-18)22(23,24)25/h3-13,27H,1-2H3,(H,26,28). The molecule has 9 heteroatoms. The molecule has 0 saturated carbocycles. The second-order valence-corrected chi connectivity index (χ2v) is 8.66. The molecule has 0 atom stereocenters. The van der Waals surface area contributed by atoms with E-state index < -0.39 is 27.7 Å². The molecule has 0 aliphatic heterocycles. The topological polar surface area (TPSA) is 75.3 Å². The highest BCUT2D eigenvalue weighted by atomic mass is 32.2. The molecular formula is C22H19F3N2O3S. The minimum Gasteiger partial charge on any atom is -0.322 e. The molecule has 3 aromatic carbocycles. The van der Waals surface area contributed by atoms with E-state index in [0.29, 0.717) is 11.3 Å². The average molecular weight is 448 g/mol. The largest absolute Gasteiger partial charge is 0.416 e. The molecule has 0 fully saturated rings. The Morgan fingerprint density at radius 3 is 2.03 bits per heavy atom. The molecule has 2 N–H and O–H groups in total. The molecule has 0 aliphatic rings. The first kappa shape index (κ1) is 22.4. The zero-order valence-electron chi connectivity index (χ0n) is 16.6. The predicted octanol–water partition coefficient (Wildman–Crippen LogP) is 5.38. The maximum atomic E-state index is 12.6. The van der Waals surface area contributed by atoms with Crippen LogP contribution in [-0.2, 0) is 16.2 Å². The predicted molar refractivity (Wildman–Crippen MR) is 113 cm³/mol. The van der Waals surface area contributed by atoms with Gasteiger partial charge in [0.2, 0.25) is 0 Å². The molecule has 1 amide bonds. The number of carbonyl (C=O) groups is 1. The molecule has 3 rings (SSSR count). The van der Waals surface area contributed by atoms with E-state index in [1.54, 1.807) is 19.1 Å². The highest BCUT2D eigenvalue weighted by Gasteiger charge is 2.30. The molecule has 3 aromatic rings. The molecule has 0 saturated heterocycles. The van der Waals surface area contributed by atoms with Crippen LogP contribution >= 0.6 is 0 Å². The summed E-state index contributed by atoms with van der Waals surface area (Å²) in [5.74, 6) is -0.532. The Hall–Kier alpha value is -3.33. The van der Waals surface area contributed by atoms with Crippen LogP contribution in [0, 0.1) is 13.8 Å². The van der Waals surface area contributed by atoms with E-state index in [-0.39, 0.29) is 16.1 Å². The number of carbonyl (C=O) groups excluding carboxylic acids is 1. The van der Waals surface area contributed by atoms with Crippen molar-refractivity contribution in [3.63, 3.8) is 0 Å². The maximum absolute atomic E-state index is 12.6. The van der Waals surface area contributed by atoms with Gasteiger partial charge in [0.25, 0.3) is 15.9 Å². The minimum absolute atomic E-state index is 0.113. The summed E-state index contributed by atoms with van der Waals surface area (Å²) < 4.78 is 65.5. The van der Waals surface area contributed by atoms with Crippen molar-refractivity contribution in [2.45, 2.75) is 24.9 Å². The van der Waals surface area contributed by atoms with Gasteiger partial charge in [0, 0.05) is 11.3 Å². The number of hydrogen-bond donors (Lipinski definition) is 2. The molecule has 0 aromatic heterocycles. The van der Waals surface area contributed by atoms with Crippen molar-refractivity contribution in [1.82, 2.24) is 0 Å². The number of aryl methyl sites for hydroxylation is 2. The van der Waals surface area contributed by atoms with Gasteiger partial charge in [-0.2, -0.15) is 13.2 Å². The molecular weight excluding hydrogens is 429 g/mol. The first-order valence-electron chi connectivity index (χ1n) is 9.14. The number of nitrogens with one attached hydrogen (secondary N) is 2. The van der Waals surface area contributed by atoms with E-state index in [1.807, 2.05) is 6.92 Å². The van der Waals surface area contributed by atoms with Crippen molar-refractivity contribution < 1.29 is 26.4 Å². The summed E-state index contributed by atoms with van der Waals surface area (Å²) in [5, 5.41) is 2.52. The number of rotatable bonds is 5.